The molecule has 0 bridgehead atoms. The van der Waals surface area contributed by atoms with E-state index in [2.05, 4.69) is 35.0 Å². The first-order chi connectivity index (χ1) is 9.62. The number of benzene rings is 1. The minimum Gasteiger partial charge on any atom is -0.496 e. The first-order valence-electron chi connectivity index (χ1n) is 7.65. The van der Waals surface area contributed by atoms with Gasteiger partial charge in [0.2, 0.25) is 0 Å². The van der Waals surface area contributed by atoms with E-state index < -0.39 is 0 Å². The Balaban J connectivity index is 2.15. The first kappa shape index (κ1) is 15.8. The smallest absolute Gasteiger partial charge is 0.133 e. The van der Waals surface area contributed by atoms with Gasteiger partial charge in [-0.05, 0) is 70.8 Å². The standard InChI is InChI=1S/C17H26BrNO/c1-3-13-5-4-8-17(10-13,12-19)11-14-6-7-16(20-2)15(18)9-14/h6-7,9,13H,3-5,8,10-12,19H2,1-2H3. The molecule has 1 fully saturated rings. The van der Waals surface area contributed by atoms with E-state index in [9.17, 15) is 0 Å². The lowest BCUT2D eigenvalue weighted by molar-refractivity contribution is 0.142. The third kappa shape index (κ3) is 3.56. The predicted octanol–water partition coefficient (Wildman–Crippen LogP) is 4.55. The summed E-state index contributed by atoms with van der Waals surface area (Å²) in [5.74, 6) is 1.75. The molecule has 2 atom stereocenters. The maximum absolute atomic E-state index is 6.16. The fourth-order valence-corrected chi connectivity index (χ4v) is 4.19. The highest BCUT2D eigenvalue weighted by atomic mass is 79.9. The Labute approximate surface area is 131 Å². The Morgan fingerprint density at radius 2 is 2.25 bits per heavy atom. The van der Waals surface area contributed by atoms with Crippen molar-refractivity contribution in [3.8, 4) is 5.75 Å². The van der Waals surface area contributed by atoms with Crippen LogP contribution in [0.3, 0.4) is 0 Å². The molecule has 0 saturated heterocycles. The minimum atomic E-state index is 0.299. The Hall–Kier alpha value is -0.540. The molecule has 2 unspecified atom stereocenters. The van der Waals surface area contributed by atoms with Crippen molar-refractivity contribution in [2.75, 3.05) is 13.7 Å². The SMILES string of the molecule is CCC1CCCC(CN)(Cc2ccc(OC)c(Br)c2)C1. The molecule has 1 aliphatic rings. The van der Waals surface area contributed by atoms with Crippen LogP contribution in [0.4, 0.5) is 0 Å². The van der Waals surface area contributed by atoms with Crippen molar-refractivity contribution >= 4 is 15.9 Å². The van der Waals surface area contributed by atoms with Crippen molar-refractivity contribution in [2.24, 2.45) is 17.1 Å². The van der Waals surface area contributed by atoms with Gasteiger partial charge in [0.05, 0.1) is 11.6 Å². The van der Waals surface area contributed by atoms with Crippen molar-refractivity contribution in [3.63, 3.8) is 0 Å². The van der Waals surface area contributed by atoms with Gasteiger partial charge >= 0.3 is 0 Å². The van der Waals surface area contributed by atoms with Crippen LogP contribution in [0.5, 0.6) is 5.75 Å². The molecule has 3 heteroatoms. The van der Waals surface area contributed by atoms with E-state index in [0.717, 1.165) is 29.1 Å². The van der Waals surface area contributed by atoms with Crippen molar-refractivity contribution in [2.45, 2.75) is 45.4 Å². The van der Waals surface area contributed by atoms with Crippen molar-refractivity contribution in [1.82, 2.24) is 0 Å². The minimum absolute atomic E-state index is 0.299. The van der Waals surface area contributed by atoms with Crippen LogP contribution in [-0.2, 0) is 6.42 Å². The largest absolute Gasteiger partial charge is 0.496 e. The highest BCUT2D eigenvalue weighted by Gasteiger charge is 2.34. The Bertz CT molecular complexity index is 449. The van der Waals surface area contributed by atoms with Gasteiger partial charge in [-0.25, -0.2) is 0 Å². The number of nitrogens with two attached hydrogens (primary N) is 1. The Morgan fingerprint density at radius 1 is 1.45 bits per heavy atom. The molecule has 20 heavy (non-hydrogen) atoms. The highest BCUT2D eigenvalue weighted by molar-refractivity contribution is 9.10. The summed E-state index contributed by atoms with van der Waals surface area (Å²) in [7, 11) is 1.70. The zero-order valence-corrected chi connectivity index (χ0v) is 14.2. The summed E-state index contributed by atoms with van der Waals surface area (Å²) >= 11 is 3.58. The molecule has 0 radical (unpaired) electrons. The van der Waals surface area contributed by atoms with E-state index in [-0.39, 0.29) is 0 Å². The highest BCUT2D eigenvalue weighted by Crippen LogP contribution is 2.43. The average molecular weight is 340 g/mol. The number of halogens is 1. The van der Waals surface area contributed by atoms with Crippen LogP contribution in [0, 0.1) is 11.3 Å². The number of ether oxygens (including phenoxy) is 1. The predicted molar refractivity (Wildman–Crippen MR) is 88.1 cm³/mol. The zero-order valence-electron chi connectivity index (χ0n) is 12.6. The topological polar surface area (TPSA) is 35.2 Å². The van der Waals surface area contributed by atoms with Gasteiger partial charge in [-0.15, -0.1) is 0 Å². The van der Waals surface area contributed by atoms with E-state index in [4.69, 9.17) is 10.5 Å². The molecule has 0 amide bonds. The summed E-state index contributed by atoms with van der Waals surface area (Å²) in [6, 6.07) is 6.41. The zero-order chi connectivity index (χ0) is 14.6. The molecular formula is C17H26BrNO. The molecule has 2 rings (SSSR count). The molecule has 2 nitrogen and oxygen atoms in total. The average Bonchev–Trinajstić information content (AvgIpc) is 2.47. The van der Waals surface area contributed by atoms with E-state index in [1.54, 1.807) is 7.11 Å². The summed E-state index contributed by atoms with van der Waals surface area (Å²) in [5.41, 5.74) is 7.82. The van der Waals surface area contributed by atoms with Crippen LogP contribution < -0.4 is 10.5 Å². The molecule has 0 heterocycles. The van der Waals surface area contributed by atoms with Gasteiger partial charge in [0.1, 0.15) is 5.75 Å². The third-order valence-electron chi connectivity index (χ3n) is 4.85. The normalized spacial score (nSPS) is 26.5. The summed E-state index contributed by atoms with van der Waals surface area (Å²) < 4.78 is 6.34. The molecule has 2 N–H and O–H groups in total. The van der Waals surface area contributed by atoms with Crippen LogP contribution in [0.15, 0.2) is 22.7 Å². The molecule has 1 aliphatic carbocycles. The second-order valence-electron chi connectivity index (χ2n) is 6.22. The second-order valence-corrected chi connectivity index (χ2v) is 7.07. The van der Waals surface area contributed by atoms with Crippen molar-refractivity contribution in [3.05, 3.63) is 28.2 Å². The molecular weight excluding hydrogens is 314 g/mol. The number of rotatable bonds is 5. The Kier molecular flexibility index (Phi) is 5.50. The number of hydrogen-bond donors (Lipinski definition) is 1. The van der Waals surface area contributed by atoms with Crippen molar-refractivity contribution in [1.29, 1.82) is 0 Å². The molecule has 1 aromatic carbocycles. The van der Waals surface area contributed by atoms with Gasteiger partial charge in [-0.2, -0.15) is 0 Å². The van der Waals surface area contributed by atoms with Crippen LogP contribution in [-0.4, -0.2) is 13.7 Å². The summed E-state index contributed by atoms with van der Waals surface area (Å²) in [6.07, 6.45) is 7.63. The van der Waals surface area contributed by atoms with Crippen LogP contribution in [0.25, 0.3) is 0 Å². The maximum atomic E-state index is 6.16. The maximum Gasteiger partial charge on any atom is 0.133 e. The van der Waals surface area contributed by atoms with Gasteiger partial charge in [0, 0.05) is 0 Å². The summed E-state index contributed by atoms with van der Waals surface area (Å²) in [4.78, 5) is 0. The second kappa shape index (κ2) is 6.95. The van der Waals surface area contributed by atoms with E-state index >= 15 is 0 Å². The summed E-state index contributed by atoms with van der Waals surface area (Å²) in [6.45, 7) is 3.11. The van der Waals surface area contributed by atoms with Gasteiger partial charge in [0.25, 0.3) is 0 Å². The molecule has 1 aromatic rings. The Morgan fingerprint density at radius 3 is 2.85 bits per heavy atom. The van der Waals surface area contributed by atoms with Crippen LogP contribution >= 0.6 is 15.9 Å². The van der Waals surface area contributed by atoms with E-state index in [1.807, 2.05) is 6.07 Å². The van der Waals surface area contributed by atoms with Gasteiger partial charge in [-0.1, -0.05) is 32.3 Å². The van der Waals surface area contributed by atoms with Gasteiger partial charge in [0.15, 0.2) is 0 Å². The molecule has 112 valence electrons. The number of methoxy groups -OCH3 is 1. The lowest BCUT2D eigenvalue weighted by Crippen LogP contribution is -2.37. The summed E-state index contributed by atoms with van der Waals surface area (Å²) in [5, 5.41) is 0. The lowest BCUT2D eigenvalue weighted by atomic mass is 9.66. The van der Waals surface area contributed by atoms with Crippen molar-refractivity contribution < 1.29 is 4.74 Å². The monoisotopic (exact) mass is 339 g/mol. The molecule has 0 aromatic heterocycles. The fourth-order valence-electron chi connectivity index (χ4n) is 3.60. The van der Waals surface area contributed by atoms with Gasteiger partial charge < -0.3 is 10.5 Å². The quantitative estimate of drug-likeness (QED) is 0.854. The first-order valence-corrected chi connectivity index (χ1v) is 8.44. The number of hydrogen-bond acceptors (Lipinski definition) is 2. The lowest BCUT2D eigenvalue weighted by Gasteiger charge is -2.40. The molecule has 0 aliphatic heterocycles. The fraction of sp³-hybridized carbons (Fsp3) is 0.647. The van der Waals surface area contributed by atoms with Crippen LogP contribution in [0.2, 0.25) is 0 Å². The third-order valence-corrected chi connectivity index (χ3v) is 5.47. The molecule has 0 spiro atoms. The van der Waals surface area contributed by atoms with E-state index in [1.165, 1.54) is 37.7 Å². The van der Waals surface area contributed by atoms with Gasteiger partial charge in [-0.3, -0.25) is 0 Å². The van der Waals surface area contributed by atoms with E-state index in [0.29, 0.717) is 5.41 Å². The molecule has 1 saturated carbocycles. The van der Waals surface area contributed by atoms with Crippen LogP contribution in [0.1, 0.15) is 44.6 Å².